The van der Waals surface area contributed by atoms with Gasteiger partial charge in [0.05, 0.1) is 4.90 Å². The molecule has 0 fully saturated rings. The molecule has 1 aromatic heterocycles. The Morgan fingerprint density at radius 3 is 2.14 bits per heavy atom. The van der Waals surface area contributed by atoms with Crippen LogP contribution in [0.3, 0.4) is 0 Å². The van der Waals surface area contributed by atoms with E-state index < -0.39 is 15.4 Å². The van der Waals surface area contributed by atoms with Gasteiger partial charge in [-0.15, -0.1) is 0 Å². The van der Waals surface area contributed by atoms with Crippen molar-refractivity contribution >= 4 is 22.1 Å². The van der Waals surface area contributed by atoms with Crippen LogP contribution in [0.25, 0.3) is 0 Å². The summed E-state index contributed by atoms with van der Waals surface area (Å²) < 4.78 is 25.0. The average molecular weight is 324 g/mol. The van der Waals surface area contributed by atoms with E-state index in [9.17, 15) is 13.2 Å². The molecule has 0 aliphatic rings. The van der Waals surface area contributed by atoms with Gasteiger partial charge in [-0.2, -0.15) is 0 Å². The Hall–Kier alpha value is -1.73. The Labute approximate surface area is 128 Å². The Kier molecular flexibility index (Phi) is 3.90. The molecule has 1 aromatic carbocycles. The molecule has 0 atom stereocenters. The van der Waals surface area contributed by atoms with Gasteiger partial charge >= 0.3 is 0 Å². The zero-order valence-electron chi connectivity index (χ0n) is 11.9. The molecule has 0 radical (unpaired) electrons. The van der Waals surface area contributed by atoms with Gasteiger partial charge in [0.15, 0.2) is 9.67 Å². The zero-order valence-corrected chi connectivity index (χ0v) is 13.6. The number of aromatic amines is 2. The zero-order chi connectivity index (χ0) is 15.8. The van der Waals surface area contributed by atoms with E-state index in [0.29, 0.717) is 0 Å². The van der Waals surface area contributed by atoms with Gasteiger partial charge in [0.2, 0.25) is 9.84 Å². The molecule has 0 unspecified atom stereocenters. The first-order valence-corrected chi connectivity index (χ1v) is 8.19. The van der Waals surface area contributed by atoms with Gasteiger partial charge in [0, 0.05) is 6.20 Å². The predicted octanol–water partition coefficient (Wildman–Crippen LogP) is 2.56. The largest absolute Gasteiger partial charge is 0.337 e. The highest BCUT2D eigenvalue weighted by Gasteiger charge is 2.22. The smallest absolute Gasteiger partial charge is 0.270 e. The first kappa shape index (κ1) is 15.7. The second-order valence-electron chi connectivity index (χ2n) is 5.71. The molecule has 2 rings (SSSR count). The summed E-state index contributed by atoms with van der Waals surface area (Å²) in [5.41, 5.74) is 0.221. The molecule has 21 heavy (non-hydrogen) atoms. The van der Waals surface area contributed by atoms with Crippen molar-refractivity contribution in [3.8, 4) is 0 Å². The number of rotatable bonds is 2. The maximum atomic E-state index is 12.5. The van der Waals surface area contributed by atoms with Gasteiger partial charge in [0.1, 0.15) is 0 Å². The number of aromatic nitrogens is 2. The van der Waals surface area contributed by atoms with Gasteiger partial charge in [-0.3, -0.25) is 9.78 Å². The molecular weight excluding hydrogens is 308 g/mol. The summed E-state index contributed by atoms with van der Waals surface area (Å²) in [6, 6.07) is 6.53. The Morgan fingerprint density at radius 2 is 1.67 bits per heavy atom. The van der Waals surface area contributed by atoms with Crippen LogP contribution in [0.5, 0.6) is 0 Å². The molecule has 5 nitrogen and oxygen atoms in total. The molecule has 1 heterocycles. The fraction of sp³-hybridized carbons (Fsp3) is 0.286. The lowest BCUT2D eigenvalue weighted by Crippen LogP contribution is -2.19. The van der Waals surface area contributed by atoms with Crippen LogP contribution in [0.15, 0.2) is 45.0 Å². The second-order valence-corrected chi connectivity index (χ2v) is 8.04. The normalized spacial score (nSPS) is 12.3. The van der Waals surface area contributed by atoms with Crippen molar-refractivity contribution in [2.45, 2.75) is 36.0 Å². The maximum absolute atomic E-state index is 12.5. The summed E-state index contributed by atoms with van der Waals surface area (Å²) in [4.78, 5) is 16.3. The molecule has 0 spiro atoms. The minimum absolute atomic E-state index is 0.0719. The van der Waals surface area contributed by atoms with Crippen LogP contribution >= 0.6 is 12.2 Å². The quantitative estimate of drug-likeness (QED) is 0.832. The highest BCUT2D eigenvalue weighted by Crippen LogP contribution is 2.25. The number of benzene rings is 1. The van der Waals surface area contributed by atoms with E-state index in [1.54, 1.807) is 12.1 Å². The number of H-pyrrole nitrogens is 2. The minimum atomic E-state index is -3.87. The van der Waals surface area contributed by atoms with E-state index in [1.165, 1.54) is 12.1 Å². The van der Waals surface area contributed by atoms with Gasteiger partial charge < -0.3 is 4.98 Å². The van der Waals surface area contributed by atoms with Crippen molar-refractivity contribution in [2.75, 3.05) is 0 Å². The van der Waals surface area contributed by atoms with Crippen molar-refractivity contribution in [3.63, 3.8) is 0 Å². The fourth-order valence-electron chi connectivity index (χ4n) is 1.86. The molecule has 0 saturated heterocycles. The van der Waals surface area contributed by atoms with Crippen LogP contribution in [-0.4, -0.2) is 18.4 Å². The first-order valence-electron chi connectivity index (χ1n) is 6.30. The molecule has 7 heteroatoms. The van der Waals surface area contributed by atoms with Crippen LogP contribution in [0.4, 0.5) is 0 Å². The van der Waals surface area contributed by atoms with Crippen LogP contribution < -0.4 is 5.56 Å². The summed E-state index contributed by atoms with van der Waals surface area (Å²) in [5.74, 6) is 0. The fourth-order valence-corrected chi connectivity index (χ4v) is 3.27. The van der Waals surface area contributed by atoms with E-state index in [1.807, 2.05) is 20.8 Å². The lowest BCUT2D eigenvalue weighted by atomic mass is 9.87. The molecule has 0 aliphatic heterocycles. The van der Waals surface area contributed by atoms with Crippen molar-refractivity contribution < 1.29 is 8.42 Å². The minimum Gasteiger partial charge on any atom is -0.337 e. The van der Waals surface area contributed by atoms with Gasteiger partial charge in [-0.25, -0.2) is 8.42 Å². The number of hydrogen-bond acceptors (Lipinski definition) is 4. The molecule has 0 bridgehead atoms. The van der Waals surface area contributed by atoms with Crippen molar-refractivity contribution in [3.05, 3.63) is 51.2 Å². The molecular formula is C14H16N2O3S2. The molecule has 2 aromatic rings. The van der Waals surface area contributed by atoms with Crippen molar-refractivity contribution in [1.82, 2.24) is 9.97 Å². The third-order valence-electron chi connectivity index (χ3n) is 3.11. The average Bonchev–Trinajstić information content (AvgIpc) is 2.37. The summed E-state index contributed by atoms with van der Waals surface area (Å²) >= 11 is 4.75. The third-order valence-corrected chi connectivity index (χ3v) is 5.10. The van der Waals surface area contributed by atoms with Crippen molar-refractivity contribution in [2.24, 2.45) is 0 Å². The van der Waals surface area contributed by atoms with Crippen LogP contribution in [0, 0.1) is 4.77 Å². The van der Waals surface area contributed by atoms with E-state index in [-0.39, 0.29) is 20.0 Å². The standard InChI is InChI=1S/C14H16N2O3S2/c1-14(2,3)9-4-6-10(7-5-9)21(18,19)11-8-15-13(20)16-12(11)17/h4-8H,1-3H3,(H2,15,16,17,20). The van der Waals surface area contributed by atoms with Gasteiger partial charge in [-0.1, -0.05) is 32.9 Å². The van der Waals surface area contributed by atoms with Crippen LogP contribution in [-0.2, 0) is 15.3 Å². The van der Waals surface area contributed by atoms with Crippen molar-refractivity contribution in [1.29, 1.82) is 0 Å². The topological polar surface area (TPSA) is 82.8 Å². The number of sulfone groups is 1. The number of hydrogen-bond donors (Lipinski definition) is 2. The van der Waals surface area contributed by atoms with E-state index in [0.717, 1.165) is 11.8 Å². The highest BCUT2D eigenvalue weighted by molar-refractivity contribution is 7.91. The van der Waals surface area contributed by atoms with E-state index in [4.69, 9.17) is 12.2 Å². The molecule has 0 saturated carbocycles. The molecule has 0 aliphatic carbocycles. The second kappa shape index (κ2) is 5.23. The first-order chi connectivity index (χ1) is 9.62. The highest BCUT2D eigenvalue weighted by atomic mass is 32.2. The summed E-state index contributed by atoms with van der Waals surface area (Å²) in [6.45, 7) is 6.12. The van der Waals surface area contributed by atoms with Crippen LogP contribution in [0.1, 0.15) is 26.3 Å². The van der Waals surface area contributed by atoms with E-state index >= 15 is 0 Å². The van der Waals surface area contributed by atoms with E-state index in [2.05, 4.69) is 9.97 Å². The molecule has 2 N–H and O–H groups in total. The molecule has 0 amide bonds. The van der Waals surface area contributed by atoms with Gasteiger partial charge in [0.25, 0.3) is 5.56 Å². The Balaban J connectivity index is 2.54. The monoisotopic (exact) mass is 324 g/mol. The van der Waals surface area contributed by atoms with Gasteiger partial charge in [-0.05, 0) is 35.3 Å². The Bertz CT molecular complexity index is 870. The summed E-state index contributed by atoms with van der Waals surface area (Å²) in [6.07, 6.45) is 1.12. The lowest BCUT2D eigenvalue weighted by Gasteiger charge is -2.19. The maximum Gasteiger partial charge on any atom is 0.270 e. The predicted molar refractivity (Wildman–Crippen MR) is 82.8 cm³/mol. The SMILES string of the molecule is CC(C)(C)c1ccc(S(=O)(=O)c2c[nH]c(=S)[nH]c2=O)cc1. The lowest BCUT2D eigenvalue weighted by molar-refractivity contribution is 0.585. The summed E-state index contributed by atoms with van der Waals surface area (Å²) in [7, 11) is -3.87. The third kappa shape index (κ3) is 3.14. The number of nitrogens with one attached hydrogen (secondary N) is 2. The summed E-state index contributed by atoms with van der Waals surface area (Å²) in [5, 5.41) is 0. The van der Waals surface area contributed by atoms with Crippen LogP contribution in [0.2, 0.25) is 0 Å². The molecule has 112 valence electrons. The Morgan fingerprint density at radius 1 is 1.10 bits per heavy atom.